The van der Waals surface area contributed by atoms with Crippen LogP contribution in [0.1, 0.15) is 155 Å². The Kier molecular flexibility index (Phi) is 22.4. The lowest BCUT2D eigenvalue weighted by molar-refractivity contribution is -0.249. The van der Waals surface area contributed by atoms with Crippen LogP contribution in [-0.4, -0.2) is 181 Å². The monoisotopic (exact) mass is 1240 g/mol. The van der Waals surface area contributed by atoms with Crippen LogP contribution in [0.5, 0.6) is 23.0 Å². The van der Waals surface area contributed by atoms with Gasteiger partial charge in [-0.05, 0) is 80.5 Å². The van der Waals surface area contributed by atoms with Crippen molar-refractivity contribution in [2.24, 2.45) is 17.8 Å². The number of nitrogens with zero attached hydrogens (tertiary/aromatic N) is 1. The molecule has 0 radical (unpaired) electrons. The van der Waals surface area contributed by atoms with Crippen LogP contribution in [0.25, 0.3) is 0 Å². The Morgan fingerprint density at radius 1 is 0.753 bits per heavy atom. The van der Waals surface area contributed by atoms with Crippen molar-refractivity contribution in [2.45, 2.75) is 180 Å². The minimum absolute atomic E-state index is 0.00253. The standard InChI is InChI=1S/C63H83N7O19/c1-29(2)20-39(69-62(85)43-13-11-19-70(43)33(8)72)58(81)64-27-47(75)65-40(21-30(3)4)59(82)68-42(23-34-15-17-35(73)18-16-34)61(84)67-41(22-31(5)6)60(83)66-38-24-48(88-32(7)53(38)76)89-45-26-63(86,46(74)28-71)25-37-50(45)57(80)52-51(55(37)78)54(77)36-12-10-14-44(87-9)49(36)56(52)79/h10,12,14-18,29-32,38-43,45,48,53,71,73,76,78,80,86H,11,13,19-28H2,1-9H3,(H,64,81)(H,65,75)(H,66,83)(H,67,84)(H,68,82)(H,69,85)/t32-,38-,39-,40-,41-,42-,43-,45-,48-,53+,63-/m0/s1. The number of fused-ring (bicyclic) bond motifs is 3. The molecule has 0 aromatic heterocycles. The quantitative estimate of drug-likeness (QED) is 0.0416. The lowest BCUT2D eigenvalue weighted by atomic mass is 9.72. The van der Waals surface area contributed by atoms with E-state index < -0.39 is 168 Å². The number of methoxy groups -OCH3 is 1. The number of aliphatic hydroxyl groups is 3. The molecule has 7 rings (SSSR count). The number of aromatic hydroxyl groups is 3. The Morgan fingerprint density at radius 2 is 1.35 bits per heavy atom. The smallest absolute Gasteiger partial charge is 0.243 e. The number of ether oxygens (including phenoxy) is 3. The van der Waals surface area contributed by atoms with Gasteiger partial charge in [-0.15, -0.1) is 0 Å². The topological polar surface area (TPSA) is 395 Å². The number of likely N-dealkylation sites (tertiary alicyclic amines) is 1. The van der Waals surface area contributed by atoms with Gasteiger partial charge in [-0.1, -0.05) is 65.8 Å². The van der Waals surface area contributed by atoms with E-state index in [-0.39, 0.29) is 89.5 Å². The van der Waals surface area contributed by atoms with Crippen LogP contribution in [-0.2, 0) is 60.7 Å². The summed E-state index contributed by atoms with van der Waals surface area (Å²) in [6.07, 6.45) is -6.22. The first kappa shape index (κ1) is 68.5. The molecule has 0 saturated carbocycles. The minimum Gasteiger partial charge on any atom is -0.508 e. The molecule has 484 valence electrons. The third kappa shape index (κ3) is 15.9. The molecule has 26 nitrogen and oxygen atoms in total. The summed E-state index contributed by atoms with van der Waals surface area (Å²) in [6.45, 7) is 12.3. The van der Waals surface area contributed by atoms with Crippen molar-refractivity contribution in [2.75, 3.05) is 26.8 Å². The van der Waals surface area contributed by atoms with Gasteiger partial charge >= 0.3 is 0 Å². The van der Waals surface area contributed by atoms with Crippen LogP contribution < -0.4 is 36.6 Å². The number of phenolic OH excluding ortho intramolecular Hbond substituents is 3. The van der Waals surface area contributed by atoms with Crippen LogP contribution in [0.3, 0.4) is 0 Å². The predicted octanol–water partition coefficient (Wildman–Crippen LogP) is 1.31. The first-order valence-electron chi connectivity index (χ1n) is 30.0. The second kappa shape index (κ2) is 29.1. The second-order valence-corrected chi connectivity index (χ2v) is 24.8. The largest absolute Gasteiger partial charge is 0.508 e. The lowest BCUT2D eigenvalue weighted by Gasteiger charge is -2.43. The third-order valence-corrected chi connectivity index (χ3v) is 16.5. The van der Waals surface area contributed by atoms with Gasteiger partial charge in [-0.25, -0.2) is 0 Å². The van der Waals surface area contributed by atoms with Gasteiger partial charge in [-0.3, -0.25) is 47.9 Å². The van der Waals surface area contributed by atoms with Crippen molar-refractivity contribution >= 4 is 58.7 Å². The van der Waals surface area contributed by atoms with Crippen molar-refractivity contribution in [3.05, 3.63) is 81.4 Å². The first-order valence-corrected chi connectivity index (χ1v) is 30.0. The van der Waals surface area contributed by atoms with E-state index in [1.807, 2.05) is 13.8 Å². The number of hydrogen-bond donors (Lipinski definition) is 12. The number of rotatable bonds is 25. The highest BCUT2D eigenvalue weighted by molar-refractivity contribution is 6.31. The zero-order valence-electron chi connectivity index (χ0n) is 51.5. The van der Waals surface area contributed by atoms with Crippen molar-refractivity contribution in [3.63, 3.8) is 0 Å². The van der Waals surface area contributed by atoms with Crippen molar-refractivity contribution < 1.29 is 92.8 Å². The highest BCUT2D eigenvalue weighted by Crippen LogP contribution is 2.52. The van der Waals surface area contributed by atoms with E-state index >= 15 is 0 Å². The van der Waals surface area contributed by atoms with Crippen LogP contribution in [0, 0.1) is 17.8 Å². The Balaban J connectivity index is 1.08. The summed E-state index contributed by atoms with van der Waals surface area (Å²) in [7, 11) is 1.27. The van der Waals surface area contributed by atoms with Gasteiger partial charge in [-0.2, -0.15) is 0 Å². The summed E-state index contributed by atoms with van der Waals surface area (Å²) in [5, 5.41) is 83.6. The van der Waals surface area contributed by atoms with Gasteiger partial charge in [0.05, 0.1) is 48.6 Å². The predicted molar refractivity (Wildman–Crippen MR) is 317 cm³/mol. The Labute approximate surface area is 515 Å². The maximum absolute atomic E-state index is 14.6. The number of ketones is 3. The summed E-state index contributed by atoms with van der Waals surface area (Å²) in [4.78, 5) is 139. The number of carbonyl (C=O) groups excluding carboxylic acids is 10. The van der Waals surface area contributed by atoms with Crippen LogP contribution in [0.2, 0.25) is 0 Å². The molecule has 4 aliphatic rings. The van der Waals surface area contributed by atoms with Gasteiger partial charge in [0.2, 0.25) is 47.1 Å². The fourth-order valence-electron chi connectivity index (χ4n) is 12.1. The summed E-state index contributed by atoms with van der Waals surface area (Å²) < 4.78 is 17.8. The molecule has 89 heavy (non-hydrogen) atoms. The molecule has 2 heterocycles. The van der Waals surface area contributed by atoms with Crippen LogP contribution in [0.15, 0.2) is 42.5 Å². The van der Waals surface area contributed by atoms with E-state index in [2.05, 4.69) is 31.9 Å². The fraction of sp³-hybridized carbons (Fsp3) is 0.556. The molecule has 0 bridgehead atoms. The Bertz CT molecular complexity index is 3210. The molecule has 11 atom stereocenters. The summed E-state index contributed by atoms with van der Waals surface area (Å²) in [5.74, 6) is -9.71. The molecule has 3 aromatic carbocycles. The van der Waals surface area contributed by atoms with Crippen LogP contribution in [0.4, 0.5) is 0 Å². The number of benzene rings is 3. The zero-order chi connectivity index (χ0) is 65.5. The maximum atomic E-state index is 14.6. The SMILES string of the molecule is COc1cccc2c1C(=O)c1c(O)c3c(c(O)c1C2=O)C[C@@](O)(C(=O)CO)C[C@@H]3O[C@H]1C[C@H](NC(=O)[C@H](CC(C)C)NC(=O)[C@H](Cc2ccc(O)cc2)NC(=O)[C@H](CC(C)C)NC(=O)CNC(=O)[C@H](CC(C)C)NC(=O)[C@@H]2CCCN2C(C)=O)[C@H](O)[C@H](C)O1. The molecule has 0 spiro atoms. The molecular formula is C63H83N7O19. The number of hydrogen-bond acceptors (Lipinski definition) is 19. The average Bonchev–Trinajstić information content (AvgIpc) is 1.02. The van der Waals surface area contributed by atoms with Crippen LogP contribution >= 0.6 is 0 Å². The molecule has 26 heteroatoms. The van der Waals surface area contributed by atoms with Gasteiger partial charge in [0, 0.05) is 55.8 Å². The van der Waals surface area contributed by atoms with Crippen molar-refractivity contribution in [1.29, 1.82) is 0 Å². The lowest BCUT2D eigenvalue weighted by Crippen LogP contribution is -2.61. The zero-order valence-corrected chi connectivity index (χ0v) is 51.5. The summed E-state index contributed by atoms with van der Waals surface area (Å²) in [6, 6.07) is 2.99. The normalized spacial score (nSPS) is 22.6. The molecule has 2 saturated heterocycles. The van der Waals surface area contributed by atoms with Gasteiger partial charge < -0.3 is 81.7 Å². The first-order chi connectivity index (χ1) is 42.0. The molecule has 2 aliphatic heterocycles. The van der Waals surface area contributed by atoms with Crippen molar-refractivity contribution in [1.82, 2.24) is 36.8 Å². The molecule has 2 fully saturated rings. The third-order valence-electron chi connectivity index (χ3n) is 16.5. The fourth-order valence-corrected chi connectivity index (χ4v) is 12.1. The number of phenols is 3. The minimum atomic E-state index is -2.47. The second-order valence-electron chi connectivity index (χ2n) is 24.8. The number of aliphatic hydroxyl groups excluding tert-OH is 2. The van der Waals surface area contributed by atoms with E-state index in [1.54, 1.807) is 27.7 Å². The maximum Gasteiger partial charge on any atom is 0.243 e. The summed E-state index contributed by atoms with van der Waals surface area (Å²) >= 11 is 0. The number of Topliss-reactive ketones (excluding diaryl/α,β-unsaturated/α-hetero) is 1. The molecule has 3 aromatic rings. The number of carbonyl (C=O) groups is 10. The Hall–Kier alpha value is -8.04. The molecule has 7 amide bonds. The molecular weight excluding hydrogens is 1160 g/mol. The van der Waals surface area contributed by atoms with E-state index in [1.165, 1.54) is 68.3 Å². The van der Waals surface area contributed by atoms with Gasteiger partial charge in [0.15, 0.2) is 17.9 Å². The highest BCUT2D eigenvalue weighted by Gasteiger charge is 2.51. The van der Waals surface area contributed by atoms with E-state index in [9.17, 15) is 78.6 Å². The Morgan fingerprint density at radius 3 is 1.96 bits per heavy atom. The van der Waals surface area contributed by atoms with Gasteiger partial charge in [0.25, 0.3) is 0 Å². The van der Waals surface area contributed by atoms with E-state index in [4.69, 9.17) is 14.2 Å². The highest BCUT2D eigenvalue weighted by atomic mass is 16.7. The molecule has 2 aliphatic carbocycles. The molecule has 12 N–H and O–H groups in total. The number of amides is 7. The summed E-state index contributed by atoms with van der Waals surface area (Å²) in [5.41, 5.74) is -4.15. The molecule has 0 unspecified atom stereocenters. The van der Waals surface area contributed by atoms with Gasteiger partial charge in [0.1, 0.15) is 71.5 Å². The average molecular weight is 1240 g/mol. The number of nitrogens with one attached hydrogen (secondary N) is 6. The van der Waals surface area contributed by atoms with E-state index in [0.29, 0.717) is 24.9 Å². The van der Waals surface area contributed by atoms with Crippen molar-refractivity contribution in [3.8, 4) is 23.0 Å². The van der Waals surface area contributed by atoms with E-state index in [0.717, 1.165) is 0 Å².